The molecule has 1 atom stereocenters. The average molecular weight is 319 g/mol. The van der Waals surface area contributed by atoms with Crippen molar-refractivity contribution in [2.45, 2.75) is 18.9 Å². The van der Waals surface area contributed by atoms with E-state index in [0.29, 0.717) is 5.69 Å². The Morgan fingerprint density at radius 3 is 2.79 bits per heavy atom. The standard InChI is InChI=1S/C18H17N5O/c24-18(16-13-23(21-20-16)15-7-2-1-3-8-15)22-11-5-9-17(22)14-6-4-10-19-12-14/h1-4,6-8,10,12-13,17H,5,9,11H2. The second-order valence-electron chi connectivity index (χ2n) is 5.83. The Bertz CT molecular complexity index is 831. The summed E-state index contributed by atoms with van der Waals surface area (Å²) in [7, 11) is 0. The number of pyridine rings is 1. The van der Waals surface area contributed by atoms with E-state index in [2.05, 4.69) is 15.3 Å². The number of aromatic nitrogens is 4. The minimum absolute atomic E-state index is 0.0630. The van der Waals surface area contributed by atoms with Gasteiger partial charge in [0.25, 0.3) is 5.91 Å². The van der Waals surface area contributed by atoms with Crippen molar-refractivity contribution < 1.29 is 4.79 Å². The summed E-state index contributed by atoms with van der Waals surface area (Å²) in [6.45, 7) is 0.733. The van der Waals surface area contributed by atoms with E-state index in [0.717, 1.165) is 30.6 Å². The van der Waals surface area contributed by atoms with Gasteiger partial charge < -0.3 is 4.90 Å². The van der Waals surface area contributed by atoms with Gasteiger partial charge in [0, 0.05) is 18.9 Å². The number of likely N-dealkylation sites (tertiary alicyclic amines) is 1. The van der Waals surface area contributed by atoms with Crippen LogP contribution in [0.2, 0.25) is 0 Å². The van der Waals surface area contributed by atoms with E-state index in [1.807, 2.05) is 53.6 Å². The molecule has 0 radical (unpaired) electrons. The number of nitrogens with zero attached hydrogens (tertiary/aromatic N) is 5. The van der Waals surface area contributed by atoms with E-state index in [4.69, 9.17) is 0 Å². The molecule has 24 heavy (non-hydrogen) atoms. The van der Waals surface area contributed by atoms with Gasteiger partial charge >= 0.3 is 0 Å². The lowest BCUT2D eigenvalue weighted by Gasteiger charge is -2.23. The summed E-state index contributed by atoms with van der Waals surface area (Å²) in [6, 6.07) is 13.6. The molecule has 3 aromatic rings. The summed E-state index contributed by atoms with van der Waals surface area (Å²) in [5.74, 6) is -0.0801. The predicted octanol–water partition coefficient (Wildman–Crippen LogP) is 2.64. The Kier molecular flexibility index (Phi) is 3.78. The topological polar surface area (TPSA) is 63.9 Å². The van der Waals surface area contributed by atoms with Crippen molar-refractivity contribution in [1.82, 2.24) is 24.9 Å². The molecule has 1 aromatic carbocycles. The third kappa shape index (κ3) is 2.67. The lowest BCUT2D eigenvalue weighted by atomic mass is 10.1. The van der Waals surface area contributed by atoms with Gasteiger partial charge in [0.05, 0.1) is 17.9 Å². The van der Waals surface area contributed by atoms with Crippen molar-refractivity contribution in [3.8, 4) is 5.69 Å². The van der Waals surface area contributed by atoms with Crippen molar-refractivity contribution in [2.75, 3.05) is 6.54 Å². The van der Waals surface area contributed by atoms with Gasteiger partial charge in [0.1, 0.15) is 0 Å². The highest BCUT2D eigenvalue weighted by Gasteiger charge is 2.32. The van der Waals surface area contributed by atoms with E-state index >= 15 is 0 Å². The van der Waals surface area contributed by atoms with Crippen LogP contribution < -0.4 is 0 Å². The number of hydrogen-bond donors (Lipinski definition) is 0. The van der Waals surface area contributed by atoms with Crippen LogP contribution >= 0.6 is 0 Å². The molecule has 1 unspecified atom stereocenters. The Balaban J connectivity index is 1.58. The molecule has 0 bridgehead atoms. The minimum atomic E-state index is -0.0801. The van der Waals surface area contributed by atoms with E-state index in [1.165, 1.54) is 0 Å². The van der Waals surface area contributed by atoms with Gasteiger partial charge in [0.15, 0.2) is 5.69 Å². The van der Waals surface area contributed by atoms with Crippen LogP contribution in [0.1, 0.15) is 34.9 Å². The summed E-state index contributed by atoms with van der Waals surface area (Å²) in [5, 5.41) is 8.15. The molecule has 1 aliphatic heterocycles. The van der Waals surface area contributed by atoms with Crippen LogP contribution in [0.4, 0.5) is 0 Å². The van der Waals surface area contributed by atoms with Gasteiger partial charge in [-0.05, 0) is 36.6 Å². The third-order valence-corrected chi connectivity index (χ3v) is 4.32. The number of carbonyl (C=O) groups is 1. The summed E-state index contributed by atoms with van der Waals surface area (Å²) >= 11 is 0. The molecule has 2 aromatic heterocycles. The van der Waals surface area contributed by atoms with Gasteiger partial charge in [0.2, 0.25) is 0 Å². The Morgan fingerprint density at radius 2 is 2.00 bits per heavy atom. The third-order valence-electron chi connectivity index (χ3n) is 4.32. The monoisotopic (exact) mass is 319 g/mol. The molecule has 6 nitrogen and oxygen atoms in total. The molecule has 4 rings (SSSR count). The molecule has 120 valence electrons. The summed E-state index contributed by atoms with van der Waals surface area (Å²) in [5.41, 5.74) is 2.32. The predicted molar refractivity (Wildman–Crippen MR) is 88.6 cm³/mol. The summed E-state index contributed by atoms with van der Waals surface area (Å²) in [4.78, 5) is 18.9. The first-order valence-electron chi connectivity index (χ1n) is 8.01. The Hall–Kier alpha value is -3.02. The van der Waals surface area contributed by atoms with Crippen LogP contribution in [-0.2, 0) is 0 Å². The van der Waals surface area contributed by atoms with Crippen LogP contribution in [0, 0.1) is 0 Å². The normalized spacial score (nSPS) is 17.2. The highest BCUT2D eigenvalue weighted by molar-refractivity contribution is 5.92. The summed E-state index contributed by atoms with van der Waals surface area (Å²) in [6.07, 6.45) is 7.20. The van der Waals surface area contributed by atoms with Crippen LogP contribution in [0.15, 0.2) is 61.1 Å². The maximum Gasteiger partial charge on any atom is 0.276 e. The second kappa shape index (κ2) is 6.23. The van der Waals surface area contributed by atoms with Crippen molar-refractivity contribution in [3.63, 3.8) is 0 Å². The molecule has 1 amide bonds. The first-order valence-corrected chi connectivity index (χ1v) is 8.01. The highest BCUT2D eigenvalue weighted by Crippen LogP contribution is 2.32. The van der Waals surface area contributed by atoms with Gasteiger partial charge in [-0.2, -0.15) is 0 Å². The lowest BCUT2D eigenvalue weighted by Crippen LogP contribution is -2.30. The van der Waals surface area contributed by atoms with Crippen molar-refractivity contribution >= 4 is 5.91 Å². The number of rotatable bonds is 3. The molecule has 1 saturated heterocycles. The lowest BCUT2D eigenvalue weighted by molar-refractivity contribution is 0.0729. The zero-order valence-corrected chi connectivity index (χ0v) is 13.1. The fourth-order valence-corrected chi connectivity index (χ4v) is 3.15. The molecule has 1 aliphatic rings. The molecule has 0 aliphatic carbocycles. The maximum atomic E-state index is 12.9. The first kappa shape index (κ1) is 14.6. The van der Waals surface area contributed by atoms with Gasteiger partial charge in [-0.3, -0.25) is 9.78 Å². The molecule has 0 spiro atoms. The maximum absolute atomic E-state index is 12.9. The molecular formula is C18H17N5O. The van der Waals surface area contributed by atoms with E-state index in [1.54, 1.807) is 17.1 Å². The highest BCUT2D eigenvalue weighted by atomic mass is 16.2. The van der Waals surface area contributed by atoms with Crippen molar-refractivity contribution in [3.05, 3.63) is 72.3 Å². The number of para-hydroxylation sites is 1. The average Bonchev–Trinajstić information content (AvgIpc) is 3.32. The molecule has 1 fully saturated rings. The molecular weight excluding hydrogens is 302 g/mol. The summed E-state index contributed by atoms with van der Waals surface area (Å²) < 4.78 is 1.63. The van der Waals surface area contributed by atoms with Crippen LogP contribution in [0.5, 0.6) is 0 Å². The molecule has 0 N–H and O–H groups in total. The van der Waals surface area contributed by atoms with E-state index < -0.39 is 0 Å². The van der Waals surface area contributed by atoms with E-state index in [-0.39, 0.29) is 11.9 Å². The first-order chi connectivity index (χ1) is 11.8. The number of benzene rings is 1. The van der Waals surface area contributed by atoms with Gasteiger partial charge in [-0.1, -0.05) is 29.5 Å². The Labute approximate surface area is 139 Å². The molecule has 3 heterocycles. The molecule has 6 heteroatoms. The SMILES string of the molecule is O=C(c1cn(-c2ccccc2)nn1)N1CCCC1c1cccnc1. The fraction of sp³-hybridized carbons (Fsp3) is 0.222. The zero-order chi connectivity index (χ0) is 16.4. The smallest absolute Gasteiger partial charge is 0.276 e. The number of hydrogen-bond acceptors (Lipinski definition) is 4. The Morgan fingerprint density at radius 1 is 1.12 bits per heavy atom. The molecule has 0 saturated carbocycles. The van der Waals surface area contributed by atoms with Crippen molar-refractivity contribution in [2.24, 2.45) is 0 Å². The zero-order valence-electron chi connectivity index (χ0n) is 13.1. The fourth-order valence-electron chi connectivity index (χ4n) is 3.15. The largest absolute Gasteiger partial charge is 0.330 e. The van der Waals surface area contributed by atoms with E-state index in [9.17, 15) is 4.79 Å². The van der Waals surface area contributed by atoms with Crippen LogP contribution in [0.3, 0.4) is 0 Å². The minimum Gasteiger partial charge on any atom is -0.330 e. The van der Waals surface area contributed by atoms with Crippen molar-refractivity contribution in [1.29, 1.82) is 0 Å². The quantitative estimate of drug-likeness (QED) is 0.744. The second-order valence-corrected chi connectivity index (χ2v) is 5.83. The van der Waals surface area contributed by atoms with Crippen LogP contribution in [-0.4, -0.2) is 37.3 Å². The van der Waals surface area contributed by atoms with Gasteiger partial charge in [-0.25, -0.2) is 4.68 Å². The van der Waals surface area contributed by atoms with Gasteiger partial charge in [-0.15, -0.1) is 5.10 Å². The number of carbonyl (C=O) groups excluding carboxylic acids is 1. The van der Waals surface area contributed by atoms with Crippen LogP contribution in [0.25, 0.3) is 5.69 Å². The number of amides is 1.